The Labute approximate surface area is 162 Å². The Morgan fingerprint density at radius 2 is 1.64 bits per heavy atom. The van der Waals surface area contributed by atoms with Crippen LogP contribution in [0.15, 0.2) is 47.4 Å². The average Bonchev–Trinajstić information content (AvgIpc) is 2.64. The Morgan fingerprint density at radius 3 is 2.14 bits per heavy atom. The van der Waals surface area contributed by atoms with Crippen LogP contribution < -0.4 is 0 Å². The molecular weight excluding hydrogens is 386 g/mol. The van der Waals surface area contributed by atoms with Gasteiger partial charge in [0, 0.05) is 17.9 Å². The number of rotatable bonds is 7. The molecule has 2 aromatic carbocycles. The summed E-state index contributed by atoms with van der Waals surface area (Å²) in [6.45, 7) is 3.50. The number of nitro groups is 1. The molecule has 0 atom stereocenters. The van der Waals surface area contributed by atoms with E-state index in [9.17, 15) is 28.1 Å². The van der Waals surface area contributed by atoms with E-state index in [4.69, 9.17) is 4.74 Å². The predicted octanol–water partition coefficient (Wildman–Crippen LogP) is 3.16. The van der Waals surface area contributed by atoms with Gasteiger partial charge in [-0.25, -0.2) is 13.2 Å². The minimum absolute atomic E-state index is 0.220. The SMILES string of the molecule is CC(C)c1ccc(C(=O)COC(=O)c2ccc(S(C)(=O)=O)c([N+](=O)[O-])c2)cc1. The zero-order chi connectivity index (χ0) is 21.1. The number of esters is 1. The highest BCUT2D eigenvalue weighted by molar-refractivity contribution is 7.90. The van der Waals surface area contributed by atoms with Gasteiger partial charge in [0.15, 0.2) is 22.2 Å². The number of sulfone groups is 1. The molecule has 0 aliphatic rings. The first-order chi connectivity index (χ1) is 13.0. The Hall–Kier alpha value is -3.07. The highest BCUT2D eigenvalue weighted by Crippen LogP contribution is 2.25. The number of hydrogen-bond acceptors (Lipinski definition) is 7. The van der Waals surface area contributed by atoms with Crippen LogP contribution in [-0.2, 0) is 14.6 Å². The van der Waals surface area contributed by atoms with Crippen LogP contribution in [0.4, 0.5) is 5.69 Å². The first-order valence-electron chi connectivity index (χ1n) is 8.29. The van der Waals surface area contributed by atoms with Crippen LogP contribution in [0.5, 0.6) is 0 Å². The summed E-state index contributed by atoms with van der Waals surface area (Å²) < 4.78 is 28.1. The minimum atomic E-state index is -3.84. The summed E-state index contributed by atoms with van der Waals surface area (Å²) in [4.78, 5) is 34.0. The molecule has 2 rings (SSSR count). The zero-order valence-electron chi connectivity index (χ0n) is 15.5. The normalized spacial score (nSPS) is 11.3. The summed E-state index contributed by atoms with van der Waals surface area (Å²) >= 11 is 0. The molecule has 2 aromatic rings. The maximum Gasteiger partial charge on any atom is 0.338 e. The second-order valence-electron chi connectivity index (χ2n) is 6.49. The Bertz CT molecular complexity index is 1020. The maximum absolute atomic E-state index is 12.2. The van der Waals surface area contributed by atoms with Crippen molar-refractivity contribution in [3.05, 3.63) is 69.3 Å². The third kappa shape index (κ3) is 5.01. The Kier molecular flexibility index (Phi) is 6.30. The topological polar surface area (TPSA) is 121 Å². The molecule has 0 radical (unpaired) electrons. The summed E-state index contributed by atoms with van der Waals surface area (Å²) in [5.74, 6) is -1.08. The number of ketones is 1. The molecule has 0 amide bonds. The second kappa shape index (κ2) is 8.30. The quantitative estimate of drug-likeness (QED) is 0.300. The molecule has 0 fully saturated rings. The summed E-state index contributed by atoms with van der Waals surface area (Å²) in [5, 5.41) is 11.1. The van der Waals surface area contributed by atoms with Crippen molar-refractivity contribution in [3.63, 3.8) is 0 Å². The molecule has 0 N–H and O–H groups in total. The van der Waals surface area contributed by atoms with Crippen molar-refractivity contribution in [1.82, 2.24) is 0 Å². The van der Waals surface area contributed by atoms with E-state index < -0.39 is 43.7 Å². The van der Waals surface area contributed by atoms with Gasteiger partial charge in [-0.2, -0.15) is 0 Å². The Balaban J connectivity index is 2.13. The minimum Gasteiger partial charge on any atom is -0.454 e. The van der Waals surface area contributed by atoms with Crippen molar-refractivity contribution >= 4 is 27.3 Å². The van der Waals surface area contributed by atoms with Crippen LogP contribution in [0.2, 0.25) is 0 Å². The monoisotopic (exact) mass is 405 g/mol. The fraction of sp³-hybridized carbons (Fsp3) is 0.263. The van der Waals surface area contributed by atoms with Gasteiger partial charge in [-0.15, -0.1) is 0 Å². The van der Waals surface area contributed by atoms with E-state index >= 15 is 0 Å². The van der Waals surface area contributed by atoms with Crippen molar-refractivity contribution in [3.8, 4) is 0 Å². The molecule has 148 valence electrons. The molecule has 0 unspecified atom stereocenters. The molecule has 0 aliphatic carbocycles. The van der Waals surface area contributed by atoms with Gasteiger partial charge in [0.2, 0.25) is 0 Å². The lowest BCUT2D eigenvalue weighted by Crippen LogP contribution is -2.15. The summed E-state index contributed by atoms with van der Waals surface area (Å²) in [7, 11) is -3.84. The Morgan fingerprint density at radius 1 is 1.07 bits per heavy atom. The van der Waals surface area contributed by atoms with Gasteiger partial charge in [-0.05, 0) is 23.6 Å². The molecule has 8 nitrogen and oxygen atoms in total. The van der Waals surface area contributed by atoms with Crippen LogP contribution >= 0.6 is 0 Å². The van der Waals surface area contributed by atoms with Crippen molar-refractivity contribution < 1.29 is 27.7 Å². The van der Waals surface area contributed by atoms with E-state index in [0.29, 0.717) is 11.5 Å². The van der Waals surface area contributed by atoms with Crippen molar-refractivity contribution in [2.45, 2.75) is 24.7 Å². The number of nitro benzene ring substituents is 1. The molecule has 0 heterocycles. The van der Waals surface area contributed by atoms with Crippen molar-refractivity contribution in [2.75, 3.05) is 12.9 Å². The highest BCUT2D eigenvalue weighted by Gasteiger charge is 2.24. The van der Waals surface area contributed by atoms with E-state index in [2.05, 4.69) is 0 Å². The lowest BCUT2D eigenvalue weighted by Gasteiger charge is -2.08. The predicted molar refractivity (Wildman–Crippen MR) is 101 cm³/mol. The van der Waals surface area contributed by atoms with Crippen LogP contribution in [0.3, 0.4) is 0 Å². The van der Waals surface area contributed by atoms with E-state index in [1.165, 1.54) is 0 Å². The number of benzene rings is 2. The van der Waals surface area contributed by atoms with E-state index in [1.807, 2.05) is 26.0 Å². The molecule has 0 saturated heterocycles. The third-order valence-electron chi connectivity index (χ3n) is 4.02. The van der Waals surface area contributed by atoms with Gasteiger partial charge < -0.3 is 4.74 Å². The number of nitrogens with zero attached hydrogens (tertiary/aromatic N) is 1. The molecule has 0 aromatic heterocycles. The fourth-order valence-electron chi connectivity index (χ4n) is 2.45. The van der Waals surface area contributed by atoms with Gasteiger partial charge >= 0.3 is 5.97 Å². The van der Waals surface area contributed by atoms with E-state index in [1.54, 1.807) is 12.1 Å². The smallest absolute Gasteiger partial charge is 0.338 e. The molecule has 0 spiro atoms. The van der Waals surface area contributed by atoms with Crippen LogP contribution in [-0.4, -0.2) is 38.0 Å². The van der Waals surface area contributed by atoms with Gasteiger partial charge in [0.05, 0.1) is 10.5 Å². The first kappa shape index (κ1) is 21.2. The standard InChI is InChI=1S/C19H19NO7S/c1-12(2)13-4-6-14(7-5-13)17(21)11-27-19(22)15-8-9-18(28(3,25)26)16(10-15)20(23)24/h4-10,12H,11H2,1-3H3. The summed E-state index contributed by atoms with van der Waals surface area (Å²) in [6.07, 6.45) is 0.830. The average molecular weight is 405 g/mol. The van der Waals surface area contributed by atoms with Gasteiger partial charge in [-0.1, -0.05) is 38.1 Å². The van der Waals surface area contributed by atoms with Gasteiger partial charge in [0.1, 0.15) is 4.90 Å². The van der Waals surface area contributed by atoms with Gasteiger partial charge in [0.25, 0.3) is 5.69 Å². The molecular formula is C19H19NO7S. The molecule has 0 aliphatic heterocycles. The maximum atomic E-state index is 12.2. The first-order valence-corrected chi connectivity index (χ1v) is 10.2. The molecule has 28 heavy (non-hydrogen) atoms. The summed E-state index contributed by atoms with van der Waals surface area (Å²) in [6, 6.07) is 9.79. The second-order valence-corrected chi connectivity index (χ2v) is 8.47. The van der Waals surface area contributed by atoms with Crippen LogP contribution in [0.1, 0.15) is 46.0 Å². The largest absolute Gasteiger partial charge is 0.454 e. The zero-order valence-corrected chi connectivity index (χ0v) is 16.4. The number of ether oxygens (including phenoxy) is 1. The third-order valence-corrected chi connectivity index (χ3v) is 5.17. The van der Waals surface area contributed by atoms with Crippen LogP contribution in [0, 0.1) is 10.1 Å². The summed E-state index contributed by atoms with van der Waals surface area (Å²) in [5.41, 5.74) is 0.483. The number of carbonyl (C=O) groups excluding carboxylic acids is 2. The lowest BCUT2D eigenvalue weighted by atomic mass is 10.0. The van der Waals surface area contributed by atoms with Crippen LogP contribution in [0.25, 0.3) is 0 Å². The van der Waals surface area contributed by atoms with E-state index in [0.717, 1.165) is 30.0 Å². The molecule has 0 bridgehead atoms. The highest BCUT2D eigenvalue weighted by atomic mass is 32.2. The fourth-order valence-corrected chi connectivity index (χ4v) is 3.28. The number of Topliss-reactive ketones (excluding diaryl/α,β-unsaturated/α-hetero) is 1. The van der Waals surface area contributed by atoms with Crippen molar-refractivity contribution in [1.29, 1.82) is 0 Å². The number of carbonyl (C=O) groups is 2. The van der Waals surface area contributed by atoms with E-state index in [-0.39, 0.29) is 5.56 Å². The lowest BCUT2D eigenvalue weighted by molar-refractivity contribution is -0.387. The number of hydrogen-bond donors (Lipinski definition) is 0. The molecule has 9 heteroatoms. The van der Waals surface area contributed by atoms with Crippen molar-refractivity contribution in [2.24, 2.45) is 0 Å². The van der Waals surface area contributed by atoms with Gasteiger partial charge in [-0.3, -0.25) is 14.9 Å². The molecule has 0 saturated carbocycles.